The van der Waals surface area contributed by atoms with Crippen molar-refractivity contribution in [2.45, 2.75) is 20.4 Å². The number of nitrogens with zero attached hydrogens (tertiary/aromatic N) is 3. The zero-order chi connectivity index (χ0) is 17.6. The van der Waals surface area contributed by atoms with Gasteiger partial charge in [-0.3, -0.25) is 4.79 Å². The summed E-state index contributed by atoms with van der Waals surface area (Å²) >= 11 is 0. The number of hydrogen-bond acceptors (Lipinski definition) is 5. The number of aryl methyl sites for hydroxylation is 2. The second kappa shape index (κ2) is 7.53. The van der Waals surface area contributed by atoms with Gasteiger partial charge in [-0.1, -0.05) is 0 Å². The van der Waals surface area contributed by atoms with Crippen molar-refractivity contribution in [3.63, 3.8) is 0 Å². The predicted octanol–water partition coefficient (Wildman–Crippen LogP) is 3.21. The summed E-state index contributed by atoms with van der Waals surface area (Å²) < 4.78 is 5.67. The van der Waals surface area contributed by atoms with Gasteiger partial charge in [-0.2, -0.15) is 0 Å². The highest BCUT2D eigenvalue weighted by atomic mass is 16.5. The number of ether oxygens (including phenoxy) is 1. The molecule has 6 heteroatoms. The van der Waals surface area contributed by atoms with Crippen molar-refractivity contribution < 1.29 is 9.53 Å². The van der Waals surface area contributed by atoms with E-state index in [0.29, 0.717) is 23.0 Å². The molecule has 0 radical (unpaired) electrons. The highest BCUT2D eigenvalue weighted by Gasteiger charge is 2.07. The first-order valence-electron chi connectivity index (χ1n) is 7.86. The Hall–Kier alpha value is -3.28. The van der Waals surface area contributed by atoms with Crippen LogP contribution in [-0.4, -0.2) is 20.9 Å². The van der Waals surface area contributed by atoms with E-state index in [1.54, 1.807) is 42.9 Å². The topological polar surface area (TPSA) is 77.0 Å². The Kier molecular flexibility index (Phi) is 4.99. The molecular weight excluding hydrogens is 316 g/mol. The maximum atomic E-state index is 12.2. The van der Waals surface area contributed by atoms with Crippen molar-refractivity contribution in [1.29, 1.82) is 0 Å². The number of carbonyl (C=O) groups excluding carboxylic acids is 1. The molecule has 0 atom stereocenters. The molecule has 0 fully saturated rings. The van der Waals surface area contributed by atoms with Crippen LogP contribution in [0.3, 0.4) is 0 Å². The second-order valence-electron chi connectivity index (χ2n) is 5.66. The average Bonchev–Trinajstić information content (AvgIpc) is 2.62. The smallest absolute Gasteiger partial charge is 0.251 e. The van der Waals surface area contributed by atoms with Gasteiger partial charge in [-0.15, -0.1) is 0 Å². The molecule has 3 aromatic rings. The monoisotopic (exact) mass is 334 g/mol. The molecule has 0 spiro atoms. The quantitative estimate of drug-likeness (QED) is 0.775. The first kappa shape index (κ1) is 16.6. The number of rotatable bonds is 5. The molecule has 6 nitrogen and oxygen atoms in total. The largest absolute Gasteiger partial charge is 0.439 e. The molecule has 0 saturated carbocycles. The summed E-state index contributed by atoms with van der Waals surface area (Å²) in [5, 5.41) is 2.79. The summed E-state index contributed by atoms with van der Waals surface area (Å²) in [7, 11) is 0. The van der Waals surface area contributed by atoms with E-state index in [1.165, 1.54) is 0 Å². The van der Waals surface area contributed by atoms with Crippen LogP contribution in [0, 0.1) is 13.8 Å². The predicted molar refractivity (Wildman–Crippen MR) is 93.4 cm³/mol. The molecule has 1 aromatic carbocycles. The molecule has 1 amide bonds. The van der Waals surface area contributed by atoms with E-state index in [2.05, 4.69) is 20.3 Å². The number of pyridine rings is 1. The van der Waals surface area contributed by atoms with Crippen LogP contribution in [0.2, 0.25) is 0 Å². The molecule has 3 rings (SSSR count). The third kappa shape index (κ3) is 4.60. The van der Waals surface area contributed by atoms with Gasteiger partial charge < -0.3 is 10.1 Å². The Balaban J connectivity index is 1.59. The van der Waals surface area contributed by atoms with Crippen LogP contribution in [-0.2, 0) is 6.54 Å². The Morgan fingerprint density at radius 3 is 2.40 bits per heavy atom. The number of amides is 1. The zero-order valence-electron chi connectivity index (χ0n) is 14.1. The van der Waals surface area contributed by atoms with Gasteiger partial charge in [-0.25, -0.2) is 15.0 Å². The van der Waals surface area contributed by atoms with Crippen molar-refractivity contribution in [1.82, 2.24) is 20.3 Å². The molecule has 2 heterocycles. The lowest BCUT2D eigenvalue weighted by atomic mass is 10.2. The van der Waals surface area contributed by atoms with Gasteiger partial charge in [-0.05, 0) is 55.3 Å². The highest BCUT2D eigenvalue weighted by molar-refractivity contribution is 5.94. The maximum Gasteiger partial charge on any atom is 0.251 e. The lowest BCUT2D eigenvalue weighted by Crippen LogP contribution is -2.23. The standard InChI is InChI=1S/C19H18N4O2/c1-13-7-8-20-18(9-13)25-16-5-3-15(4-6-16)19(24)23-12-17-21-10-14(2)11-22-17/h3-11H,12H2,1-2H3,(H,23,24). The summed E-state index contributed by atoms with van der Waals surface area (Å²) in [4.78, 5) is 24.6. The maximum absolute atomic E-state index is 12.2. The molecule has 0 unspecified atom stereocenters. The van der Waals surface area contributed by atoms with E-state index in [0.717, 1.165) is 11.1 Å². The SMILES string of the molecule is Cc1cnc(CNC(=O)c2ccc(Oc3cc(C)ccn3)cc2)nc1. The molecule has 2 aromatic heterocycles. The number of aromatic nitrogens is 3. The van der Waals surface area contributed by atoms with Crippen molar-refractivity contribution >= 4 is 5.91 Å². The van der Waals surface area contributed by atoms with Crippen molar-refractivity contribution in [2.75, 3.05) is 0 Å². The van der Waals surface area contributed by atoms with Gasteiger partial charge in [0.2, 0.25) is 5.88 Å². The Morgan fingerprint density at radius 2 is 1.72 bits per heavy atom. The number of carbonyl (C=O) groups is 1. The van der Waals surface area contributed by atoms with Gasteiger partial charge in [0.15, 0.2) is 0 Å². The summed E-state index contributed by atoms with van der Waals surface area (Å²) in [5.41, 5.74) is 2.59. The highest BCUT2D eigenvalue weighted by Crippen LogP contribution is 2.20. The first-order chi connectivity index (χ1) is 12.1. The Labute approximate surface area is 145 Å². The minimum atomic E-state index is -0.190. The van der Waals surface area contributed by atoms with Crippen LogP contribution < -0.4 is 10.1 Å². The van der Waals surface area contributed by atoms with Gasteiger partial charge in [0.1, 0.15) is 11.6 Å². The fraction of sp³-hybridized carbons (Fsp3) is 0.158. The molecule has 0 aliphatic heterocycles. The van der Waals surface area contributed by atoms with Crippen LogP contribution in [0.25, 0.3) is 0 Å². The van der Waals surface area contributed by atoms with Crippen molar-refractivity contribution in [2.24, 2.45) is 0 Å². The molecule has 0 aliphatic rings. The van der Waals surface area contributed by atoms with E-state index in [-0.39, 0.29) is 12.5 Å². The van der Waals surface area contributed by atoms with E-state index < -0.39 is 0 Å². The summed E-state index contributed by atoms with van der Waals surface area (Å²) in [5.74, 6) is 1.53. The number of hydrogen-bond donors (Lipinski definition) is 1. The van der Waals surface area contributed by atoms with Crippen molar-refractivity contribution in [3.8, 4) is 11.6 Å². The zero-order valence-corrected chi connectivity index (χ0v) is 14.1. The first-order valence-corrected chi connectivity index (χ1v) is 7.86. The molecule has 0 saturated heterocycles. The minimum Gasteiger partial charge on any atom is -0.439 e. The van der Waals surface area contributed by atoms with E-state index in [4.69, 9.17) is 4.74 Å². The van der Waals surface area contributed by atoms with Crippen LogP contribution in [0.1, 0.15) is 27.3 Å². The normalized spacial score (nSPS) is 10.3. The molecule has 0 aliphatic carbocycles. The van der Waals surface area contributed by atoms with Crippen LogP contribution in [0.4, 0.5) is 0 Å². The fourth-order valence-corrected chi connectivity index (χ4v) is 2.13. The molecular formula is C19H18N4O2. The van der Waals surface area contributed by atoms with E-state index >= 15 is 0 Å². The van der Waals surface area contributed by atoms with Gasteiger partial charge in [0.25, 0.3) is 5.91 Å². The van der Waals surface area contributed by atoms with Gasteiger partial charge in [0, 0.05) is 30.2 Å². The lowest BCUT2D eigenvalue weighted by molar-refractivity contribution is 0.0950. The Morgan fingerprint density at radius 1 is 1.00 bits per heavy atom. The third-order valence-corrected chi connectivity index (χ3v) is 3.47. The molecule has 25 heavy (non-hydrogen) atoms. The van der Waals surface area contributed by atoms with Gasteiger partial charge in [0.05, 0.1) is 6.54 Å². The lowest BCUT2D eigenvalue weighted by Gasteiger charge is -2.07. The summed E-state index contributed by atoms with van der Waals surface area (Å²) in [6, 6.07) is 10.6. The summed E-state index contributed by atoms with van der Waals surface area (Å²) in [6.07, 6.45) is 5.14. The number of nitrogens with one attached hydrogen (secondary N) is 1. The van der Waals surface area contributed by atoms with Crippen LogP contribution in [0.15, 0.2) is 55.0 Å². The van der Waals surface area contributed by atoms with Crippen LogP contribution in [0.5, 0.6) is 11.6 Å². The van der Waals surface area contributed by atoms with E-state index in [1.807, 2.05) is 26.0 Å². The second-order valence-corrected chi connectivity index (χ2v) is 5.66. The molecule has 0 bridgehead atoms. The Bertz CT molecular complexity index is 861. The minimum absolute atomic E-state index is 0.190. The molecule has 126 valence electrons. The fourth-order valence-electron chi connectivity index (χ4n) is 2.13. The molecule has 1 N–H and O–H groups in total. The number of benzene rings is 1. The van der Waals surface area contributed by atoms with Crippen LogP contribution >= 0.6 is 0 Å². The van der Waals surface area contributed by atoms with E-state index in [9.17, 15) is 4.79 Å². The average molecular weight is 334 g/mol. The summed E-state index contributed by atoms with van der Waals surface area (Å²) in [6.45, 7) is 4.17. The third-order valence-electron chi connectivity index (χ3n) is 3.47. The van der Waals surface area contributed by atoms with Crippen molar-refractivity contribution in [3.05, 3.63) is 77.5 Å². The van der Waals surface area contributed by atoms with Gasteiger partial charge >= 0.3 is 0 Å².